The molecule has 1 aromatic rings. The summed E-state index contributed by atoms with van der Waals surface area (Å²) in [5.74, 6) is 1.38. The molecule has 0 amide bonds. The minimum absolute atomic E-state index is 0.0475. The fourth-order valence-corrected chi connectivity index (χ4v) is 1.39. The highest BCUT2D eigenvalue weighted by molar-refractivity contribution is 5.78. The summed E-state index contributed by atoms with van der Waals surface area (Å²) in [7, 11) is 0. The van der Waals surface area contributed by atoms with Gasteiger partial charge in [0.1, 0.15) is 5.75 Å². The third-order valence-electron chi connectivity index (χ3n) is 2.10. The number of nitrogens with one attached hydrogen (secondary N) is 1. The number of benzene rings is 1. The molecule has 0 atom stereocenters. The second kappa shape index (κ2) is 6.89. The fourth-order valence-electron chi connectivity index (χ4n) is 1.39. The van der Waals surface area contributed by atoms with Gasteiger partial charge in [0.25, 0.3) is 0 Å². The van der Waals surface area contributed by atoms with Gasteiger partial charge in [-0.3, -0.25) is 4.99 Å². The smallest absolute Gasteiger partial charge is 0.188 e. The van der Waals surface area contributed by atoms with Crippen molar-refractivity contribution in [3.8, 4) is 5.75 Å². The summed E-state index contributed by atoms with van der Waals surface area (Å²) < 4.78 is 5.56. The molecule has 0 fully saturated rings. The molecule has 0 aliphatic rings. The van der Waals surface area contributed by atoms with Gasteiger partial charge >= 0.3 is 0 Å². The first-order valence-corrected chi connectivity index (χ1v) is 6.23. The van der Waals surface area contributed by atoms with E-state index in [1.165, 1.54) is 0 Å². The van der Waals surface area contributed by atoms with Gasteiger partial charge in [0, 0.05) is 18.5 Å². The predicted octanol–water partition coefficient (Wildman–Crippen LogP) is 2.16. The summed E-state index contributed by atoms with van der Waals surface area (Å²) >= 11 is 0. The van der Waals surface area contributed by atoms with Crippen molar-refractivity contribution in [1.29, 1.82) is 0 Å². The van der Waals surface area contributed by atoms with Gasteiger partial charge in [0.05, 0.1) is 6.61 Å². The van der Waals surface area contributed by atoms with Crippen LogP contribution in [0, 0.1) is 0 Å². The van der Waals surface area contributed by atoms with E-state index in [4.69, 9.17) is 10.5 Å². The van der Waals surface area contributed by atoms with Crippen LogP contribution >= 0.6 is 0 Å². The minimum Gasteiger partial charge on any atom is -0.494 e. The van der Waals surface area contributed by atoms with Crippen LogP contribution in [0.1, 0.15) is 27.2 Å². The molecule has 4 nitrogen and oxygen atoms in total. The summed E-state index contributed by atoms with van der Waals surface area (Å²) in [4.78, 5) is 4.24. The van der Waals surface area contributed by atoms with E-state index in [9.17, 15) is 0 Å². The number of nitrogens with two attached hydrogens (primary N) is 1. The van der Waals surface area contributed by atoms with E-state index in [0.717, 1.165) is 12.2 Å². The maximum Gasteiger partial charge on any atom is 0.188 e. The van der Waals surface area contributed by atoms with Gasteiger partial charge in [-0.05, 0) is 32.9 Å². The monoisotopic (exact) mass is 249 g/mol. The number of aliphatic imine (C=N–C) groups is 1. The van der Waals surface area contributed by atoms with Gasteiger partial charge in [-0.2, -0.15) is 0 Å². The number of hydrogen-bond donors (Lipinski definition) is 2. The van der Waals surface area contributed by atoms with Crippen molar-refractivity contribution >= 4 is 5.96 Å². The molecule has 0 unspecified atom stereocenters. The van der Waals surface area contributed by atoms with E-state index >= 15 is 0 Å². The Morgan fingerprint density at radius 1 is 1.28 bits per heavy atom. The largest absolute Gasteiger partial charge is 0.494 e. The van der Waals surface area contributed by atoms with Crippen LogP contribution in [0.3, 0.4) is 0 Å². The molecular weight excluding hydrogens is 226 g/mol. The van der Waals surface area contributed by atoms with Gasteiger partial charge in [-0.15, -0.1) is 0 Å². The standard InChI is InChI=1S/C14H23N3O/c1-14(2,3)17-13(15)16-10-7-11-18-12-8-5-4-6-9-12/h4-6,8-9H,7,10-11H2,1-3H3,(H3,15,16,17). The average Bonchev–Trinajstić information content (AvgIpc) is 2.27. The first-order valence-electron chi connectivity index (χ1n) is 6.23. The SMILES string of the molecule is CC(C)(C)NC(N)=NCCCOc1ccccc1. The lowest BCUT2D eigenvalue weighted by atomic mass is 10.1. The highest BCUT2D eigenvalue weighted by atomic mass is 16.5. The molecular formula is C14H23N3O. The van der Waals surface area contributed by atoms with Gasteiger partial charge in [0.2, 0.25) is 0 Å². The number of guanidine groups is 1. The van der Waals surface area contributed by atoms with Crippen LogP contribution in [0.25, 0.3) is 0 Å². The number of nitrogens with zero attached hydrogens (tertiary/aromatic N) is 1. The van der Waals surface area contributed by atoms with E-state index in [0.29, 0.717) is 19.1 Å². The highest BCUT2D eigenvalue weighted by Gasteiger charge is 2.09. The van der Waals surface area contributed by atoms with Crippen LogP contribution in [-0.4, -0.2) is 24.7 Å². The molecule has 0 saturated heterocycles. The molecule has 18 heavy (non-hydrogen) atoms. The molecule has 0 aliphatic heterocycles. The van der Waals surface area contributed by atoms with Crippen LogP contribution in [0.2, 0.25) is 0 Å². The molecule has 0 heterocycles. The van der Waals surface area contributed by atoms with Crippen LogP contribution < -0.4 is 15.8 Å². The van der Waals surface area contributed by atoms with Crippen molar-refractivity contribution in [2.45, 2.75) is 32.7 Å². The van der Waals surface area contributed by atoms with Gasteiger partial charge in [-0.1, -0.05) is 18.2 Å². The summed E-state index contributed by atoms with van der Waals surface area (Å²) in [6.07, 6.45) is 0.849. The lowest BCUT2D eigenvalue weighted by Crippen LogP contribution is -2.45. The van der Waals surface area contributed by atoms with Crippen molar-refractivity contribution < 1.29 is 4.74 Å². The van der Waals surface area contributed by atoms with Crippen molar-refractivity contribution in [3.63, 3.8) is 0 Å². The zero-order valence-corrected chi connectivity index (χ0v) is 11.4. The Bertz CT molecular complexity index is 368. The predicted molar refractivity (Wildman–Crippen MR) is 75.9 cm³/mol. The van der Waals surface area contributed by atoms with E-state index in [1.807, 2.05) is 51.1 Å². The first-order chi connectivity index (χ1) is 8.47. The third kappa shape index (κ3) is 6.78. The van der Waals surface area contributed by atoms with Gasteiger partial charge in [-0.25, -0.2) is 0 Å². The summed E-state index contributed by atoms with van der Waals surface area (Å²) in [6, 6.07) is 9.77. The Morgan fingerprint density at radius 2 is 1.94 bits per heavy atom. The molecule has 1 rings (SSSR count). The number of hydrogen-bond acceptors (Lipinski definition) is 2. The zero-order chi connectivity index (χ0) is 13.4. The Labute approximate surface area is 109 Å². The Kier molecular flexibility index (Phi) is 5.49. The lowest BCUT2D eigenvalue weighted by Gasteiger charge is -2.20. The second-order valence-electron chi connectivity index (χ2n) is 5.16. The topological polar surface area (TPSA) is 59.6 Å². The molecule has 100 valence electrons. The zero-order valence-electron chi connectivity index (χ0n) is 11.4. The van der Waals surface area contributed by atoms with E-state index < -0.39 is 0 Å². The molecule has 4 heteroatoms. The lowest BCUT2D eigenvalue weighted by molar-refractivity contribution is 0.313. The van der Waals surface area contributed by atoms with Gasteiger partial charge in [0.15, 0.2) is 5.96 Å². The van der Waals surface area contributed by atoms with Crippen molar-refractivity contribution in [2.75, 3.05) is 13.2 Å². The fraction of sp³-hybridized carbons (Fsp3) is 0.500. The third-order valence-corrected chi connectivity index (χ3v) is 2.10. The van der Waals surface area contributed by atoms with E-state index in [1.54, 1.807) is 0 Å². The Morgan fingerprint density at radius 3 is 2.56 bits per heavy atom. The van der Waals surface area contributed by atoms with Gasteiger partial charge < -0.3 is 15.8 Å². The van der Waals surface area contributed by atoms with Crippen molar-refractivity contribution in [3.05, 3.63) is 30.3 Å². The second-order valence-corrected chi connectivity index (χ2v) is 5.16. The van der Waals surface area contributed by atoms with Crippen LogP contribution in [0.15, 0.2) is 35.3 Å². The number of rotatable bonds is 5. The minimum atomic E-state index is -0.0475. The molecule has 0 spiro atoms. The Balaban J connectivity index is 2.17. The molecule has 0 saturated carbocycles. The summed E-state index contributed by atoms with van der Waals surface area (Å²) in [5.41, 5.74) is 5.70. The molecule has 0 bridgehead atoms. The van der Waals surface area contributed by atoms with Crippen molar-refractivity contribution in [2.24, 2.45) is 10.7 Å². The van der Waals surface area contributed by atoms with Crippen molar-refractivity contribution in [1.82, 2.24) is 5.32 Å². The van der Waals surface area contributed by atoms with E-state index in [2.05, 4.69) is 10.3 Å². The maximum atomic E-state index is 5.75. The van der Waals surface area contributed by atoms with Crippen LogP contribution in [-0.2, 0) is 0 Å². The molecule has 0 aliphatic carbocycles. The summed E-state index contributed by atoms with van der Waals surface area (Å²) in [6.45, 7) is 7.47. The maximum absolute atomic E-state index is 5.75. The highest BCUT2D eigenvalue weighted by Crippen LogP contribution is 2.08. The first kappa shape index (κ1) is 14.4. The average molecular weight is 249 g/mol. The quantitative estimate of drug-likeness (QED) is 0.477. The van der Waals surface area contributed by atoms with E-state index in [-0.39, 0.29) is 5.54 Å². The van der Waals surface area contributed by atoms with Crippen LogP contribution in [0.4, 0.5) is 0 Å². The molecule has 3 N–H and O–H groups in total. The number of ether oxygens (including phenoxy) is 1. The normalized spacial score (nSPS) is 12.3. The summed E-state index contributed by atoms with van der Waals surface area (Å²) in [5, 5.41) is 3.11. The number of para-hydroxylation sites is 1. The Hall–Kier alpha value is -1.71. The molecule has 0 aromatic heterocycles. The molecule has 0 radical (unpaired) electrons. The van der Waals surface area contributed by atoms with Crippen LogP contribution in [0.5, 0.6) is 5.75 Å². The molecule has 1 aromatic carbocycles.